The molecule has 0 saturated carbocycles. The van der Waals surface area contributed by atoms with Crippen LogP contribution in [0.15, 0.2) is 51.4 Å². The molecule has 144 valence electrons. The smallest absolute Gasteiger partial charge is 0.374 e. The van der Waals surface area contributed by atoms with Gasteiger partial charge in [-0.1, -0.05) is 18.2 Å². The average molecular weight is 382 g/mol. The van der Waals surface area contributed by atoms with Crippen molar-refractivity contribution < 1.29 is 23.5 Å². The Kier molecular flexibility index (Phi) is 5.39. The summed E-state index contributed by atoms with van der Waals surface area (Å²) in [7, 11) is 0. The van der Waals surface area contributed by atoms with E-state index in [1.165, 1.54) is 23.7 Å². The first-order valence-electron chi connectivity index (χ1n) is 8.56. The van der Waals surface area contributed by atoms with Crippen LogP contribution in [0.25, 0.3) is 22.7 Å². The molecule has 0 aliphatic carbocycles. The van der Waals surface area contributed by atoms with Crippen LogP contribution < -0.4 is 5.63 Å². The number of hydrogen-bond donors (Lipinski definition) is 0. The van der Waals surface area contributed by atoms with Crippen LogP contribution in [0.5, 0.6) is 0 Å². The van der Waals surface area contributed by atoms with Crippen LogP contribution >= 0.6 is 0 Å². The van der Waals surface area contributed by atoms with E-state index >= 15 is 0 Å². The number of aromatic nitrogens is 2. The molecule has 0 aliphatic heterocycles. The monoisotopic (exact) mass is 382 g/mol. The highest BCUT2D eigenvalue weighted by Crippen LogP contribution is 2.23. The van der Waals surface area contributed by atoms with E-state index in [1.54, 1.807) is 26.0 Å². The molecule has 8 heteroatoms. The summed E-state index contributed by atoms with van der Waals surface area (Å²) in [6.45, 7) is 4.67. The lowest BCUT2D eigenvalue weighted by Gasteiger charge is -2.06. The Morgan fingerprint density at radius 1 is 1.21 bits per heavy atom. The summed E-state index contributed by atoms with van der Waals surface area (Å²) in [5, 5.41) is 4.60. The summed E-state index contributed by atoms with van der Waals surface area (Å²) in [6.07, 6.45) is 1.52. The first-order valence-corrected chi connectivity index (χ1v) is 8.56. The lowest BCUT2D eigenvalue weighted by molar-refractivity contribution is -0.136. The topological polar surface area (TPSA) is 101 Å². The molecule has 8 nitrogen and oxygen atoms in total. The molecule has 0 N–H and O–H groups in total. The van der Waals surface area contributed by atoms with E-state index in [9.17, 15) is 14.4 Å². The molecular weight excluding hydrogens is 364 g/mol. The average Bonchev–Trinajstić information content (AvgIpc) is 3.00. The number of carbonyl (C=O) groups is 2. The van der Waals surface area contributed by atoms with Gasteiger partial charge in [-0.3, -0.25) is 4.79 Å². The predicted molar refractivity (Wildman–Crippen MR) is 101 cm³/mol. The molecule has 2 heterocycles. The lowest BCUT2D eigenvalue weighted by Crippen LogP contribution is -2.10. The highest BCUT2D eigenvalue weighted by Gasteiger charge is 2.20. The predicted octanol–water partition coefficient (Wildman–Crippen LogP) is 3.08. The first-order chi connectivity index (χ1) is 13.4. The van der Waals surface area contributed by atoms with Crippen molar-refractivity contribution in [2.75, 3.05) is 6.61 Å². The van der Waals surface area contributed by atoms with E-state index in [2.05, 4.69) is 5.10 Å². The zero-order chi connectivity index (χ0) is 20.3. The normalized spacial score (nSPS) is 11.5. The molecule has 0 radical (unpaired) electrons. The van der Waals surface area contributed by atoms with Crippen molar-refractivity contribution in [2.24, 2.45) is 0 Å². The van der Waals surface area contributed by atoms with E-state index in [-0.39, 0.29) is 29.0 Å². The third kappa shape index (κ3) is 3.85. The Bertz CT molecular complexity index is 1120. The number of para-hydroxylation sites is 1. The van der Waals surface area contributed by atoms with Gasteiger partial charge in [-0.15, -0.1) is 0 Å². The van der Waals surface area contributed by atoms with E-state index < -0.39 is 17.6 Å². The zero-order valence-corrected chi connectivity index (χ0v) is 15.6. The third-order valence-electron chi connectivity index (χ3n) is 3.74. The fourth-order valence-electron chi connectivity index (χ4n) is 2.71. The minimum atomic E-state index is -0.746. The Morgan fingerprint density at radius 3 is 2.57 bits per heavy atom. The number of fused-ring (bicyclic) bond motifs is 1. The molecule has 0 amide bonds. The Balaban J connectivity index is 2.26. The maximum atomic E-state index is 12.6. The van der Waals surface area contributed by atoms with Crippen LogP contribution in [0.2, 0.25) is 0 Å². The summed E-state index contributed by atoms with van der Waals surface area (Å²) in [5.41, 5.74) is 0.552. The number of allylic oxidation sites excluding steroid dienone is 1. The molecule has 0 aliphatic rings. The highest BCUT2D eigenvalue weighted by molar-refractivity contribution is 5.93. The number of hydrogen-bond acceptors (Lipinski definition) is 7. The highest BCUT2D eigenvalue weighted by atomic mass is 16.5. The number of ether oxygens (including phenoxy) is 2. The molecule has 3 rings (SSSR count). The van der Waals surface area contributed by atoms with Crippen molar-refractivity contribution in [1.82, 2.24) is 9.78 Å². The molecule has 0 unspecified atom stereocenters. The quantitative estimate of drug-likeness (QED) is 0.494. The van der Waals surface area contributed by atoms with Crippen LogP contribution in [-0.4, -0.2) is 28.3 Å². The van der Waals surface area contributed by atoms with Crippen molar-refractivity contribution in [1.29, 1.82) is 0 Å². The van der Waals surface area contributed by atoms with Gasteiger partial charge in [0.05, 0.1) is 18.0 Å². The third-order valence-corrected chi connectivity index (χ3v) is 3.74. The second kappa shape index (κ2) is 7.91. The van der Waals surface area contributed by atoms with Crippen LogP contribution in [-0.2, 0) is 14.3 Å². The number of carbonyl (C=O) groups excluding carboxylic acids is 2. The summed E-state index contributed by atoms with van der Waals surface area (Å²) < 4.78 is 16.6. The molecule has 2 aromatic heterocycles. The number of esters is 2. The van der Waals surface area contributed by atoms with Gasteiger partial charge in [-0.05, 0) is 26.0 Å². The molecule has 0 fully saturated rings. The standard InChI is InChI=1S/C20H18N2O6/c1-4-26-19(24)17-11-15-18(20(25)28-17)16(10-12(2)27-13(3)23)22(21-15)14-8-6-5-7-9-14/h5-11H,4H2,1-3H3/b12-10-. The Hall–Kier alpha value is -3.68. The van der Waals surface area contributed by atoms with Gasteiger partial charge in [0.2, 0.25) is 5.76 Å². The van der Waals surface area contributed by atoms with Gasteiger partial charge in [0, 0.05) is 19.1 Å². The molecule has 3 aromatic rings. The van der Waals surface area contributed by atoms with E-state index in [0.29, 0.717) is 11.4 Å². The SMILES string of the molecule is CCOC(=O)c1cc2nn(-c3ccccc3)c(/C=C(/C)OC(C)=O)c2c(=O)o1. The second-order valence-electron chi connectivity index (χ2n) is 5.86. The minimum Gasteiger partial charge on any atom is -0.460 e. The van der Waals surface area contributed by atoms with E-state index in [1.807, 2.05) is 18.2 Å². The molecule has 0 atom stereocenters. The van der Waals surface area contributed by atoms with Gasteiger partial charge < -0.3 is 13.9 Å². The Labute approximate surface area is 160 Å². The number of nitrogens with zero attached hydrogens (tertiary/aromatic N) is 2. The Morgan fingerprint density at radius 2 is 1.93 bits per heavy atom. The van der Waals surface area contributed by atoms with Gasteiger partial charge >= 0.3 is 17.6 Å². The van der Waals surface area contributed by atoms with Crippen LogP contribution in [0.1, 0.15) is 37.0 Å². The van der Waals surface area contributed by atoms with Crippen molar-refractivity contribution >= 4 is 28.9 Å². The number of benzene rings is 1. The van der Waals surface area contributed by atoms with Crippen LogP contribution in [0.3, 0.4) is 0 Å². The van der Waals surface area contributed by atoms with Crippen molar-refractivity contribution in [3.8, 4) is 5.69 Å². The zero-order valence-electron chi connectivity index (χ0n) is 15.6. The fraction of sp³-hybridized carbons (Fsp3) is 0.200. The van der Waals surface area contributed by atoms with Gasteiger partial charge in [0.1, 0.15) is 16.7 Å². The lowest BCUT2D eigenvalue weighted by atomic mass is 10.2. The van der Waals surface area contributed by atoms with E-state index in [4.69, 9.17) is 13.9 Å². The molecule has 0 bridgehead atoms. The van der Waals surface area contributed by atoms with E-state index in [0.717, 1.165) is 0 Å². The maximum Gasteiger partial charge on any atom is 0.374 e. The second-order valence-corrected chi connectivity index (χ2v) is 5.86. The number of rotatable bonds is 5. The largest absolute Gasteiger partial charge is 0.460 e. The van der Waals surface area contributed by atoms with Crippen molar-refractivity contribution in [2.45, 2.75) is 20.8 Å². The summed E-state index contributed by atoms with van der Waals surface area (Å²) in [6, 6.07) is 10.4. The summed E-state index contributed by atoms with van der Waals surface area (Å²) >= 11 is 0. The van der Waals surface area contributed by atoms with Crippen LogP contribution in [0, 0.1) is 0 Å². The van der Waals surface area contributed by atoms with Crippen molar-refractivity contribution in [3.05, 3.63) is 64.0 Å². The summed E-state index contributed by atoms with van der Waals surface area (Å²) in [5.74, 6) is -1.19. The minimum absolute atomic E-state index is 0.147. The van der Waals surface area contributed by atoms with Gasteiger partial charge in [-0.2, -0.15) is 5.10 Å². The van der Waals surface area contributed by atoms with Crippen molar-refractivity contribution in [3.63, 3.8) is 0 Å². The first kappa shape index (κ1) is 19.1. The molecule has 28 heavy (non-hydrogen) atoms. The van der Waals surface area contributed by atoms with Gasteiger partial charge in [-0.25, -0.2) is 14.3 Å². The molecule has 0 saturated heterocycles. The fourth-order valence-corrected chi connectivity index (χ4v) is 2.71. The molecule has 1 aromatic carbocycles. The molecular formula is C20H18N2O6. The van der Waals surface area contributed by atoms with Gasteiger partial charge in [0.25, 0.3) is 0 Å². The summed E-state index contributed by atoms with van der Waals surface area (Å²) in [4.78, 5) is 35.8. The van der Waals surface area contributed by atoms with Gasteiger partial charge in [0.15, 0.2) is 0 Å². The van der Waals surface area contributed by atoms with Crippen LogP contribution in [0.4, 0.5) is 0 Å². The molecule has 0 spiro atoms. The maximum absolute atomic E-state index is 12.6.